The smallest absolute Gasteiger partial charge is 0.192 e. The third-order valence-electron chi connectivity index (χ3n) is 15.5. The zero-order valence-corrected chi connectivity index (χ0v) is 37.8. The van der Waals surface area contributed by atoms with E-state index in [1.807, 2.05) is 0 Å². The van der Waals surface area contributed by atoms with E-state index in [4.69, 9.17) is 22.8 Å². The maximum absolute atomic E-state index is 7.67. The molecule has 0 amide bonds. The summed E-state index contributed by atoms with van der Waals surface area (Å²) in [5, 5.41) is 0.428. The zero-order chi connectivity index (χ0) is 36.5. The van der Waals surface area contributed by atoms with Gasteiger partial charge in [0, 0.05) is 11.8 Å². The van der Waals surface area contributed by atoms with Crippen molar-refractivity contribution in [2.75, 3.05) is 0 Å². The number of ether oxygens (including phenoxy) is 2. The highest BCUT2D eigenvalue weighted by Gasteiger charge is 2.69. The predicted octanol–water partition coefficient (Wildman–Crippen LogP) is 11.5. The lowest BCUT2D eigenvalue weighted by molar-refractivity contribution is -0.171. The van der Waals surface area contributed by atoms with Crippen molar-refractivity contribution in [1.29, 1.82) is 0 Å². The van der Waals surface area contributed by atoms with Crippen LogP contribution < -0.4 is 0 Å². The quantitative estimate of drug-likeness (QED) is 0.202. The van der Waals surface area contributed by atoms with E-state index in [1.165, 1.54) is 6.42 Å². The van der Waals surface area contributed by atoms with Gasteiger partial charge in [-0.05, 0) is 117 Å². The molecule has 0 aromatic heterocycles. The second kappa shape index (κ2) is 11.8. The molecule has 5 aliphatic rings. The summed E-state index contributed by atoms with van der Waals surface area (Å²) >= 11 is 0. The molecule has 0 spiro atoms. The van der Waals surface area contributed by atoms with Gasteiger partial charge in [0.25, 0.3) is 0 Å². The Kier molecular flexibility index (Phi) is 9.72. The van der Waals surface area contributed by atoms with Crippen LogP contribution in [0.25, 0.3) is 0 Å². The van der Waals surface area contributed by atoms with E-state index in [-0.39, 0.29) is 56.3 Å². The van der Waals surface area contributed by atoms with Crippen LogP contribution in [0.4, 0.5) is 0 Å². The van der Waals surface area contributed by atoms with E-state index in [2.05, 4.69) is 135 Å². The van der Waals surface area contributed by atoms with Gasteiger partial charge in [-0.3, -0.25) is 0 Å². The van der Waals surface area contributed by atoms with Gasteiger partial charge < -0.3 is 22.8 Å². The Labute approximate surface area is 299 Å². The van der Waals surface area contributed by atoms with Gasteiger partial charge in [0.1, 0.15) is 0 Å². The first-order chi connectivity index (χ1) is 21.4. The fourth-order valence-corrected chi connectivity index (χ4v) is 13.7. The molecule has 48 heavy (non-hydrogen) atoms. The fourth-order valence-electron chi connectivity index (χ4n) is 9.50. The molecule has 1 heterocycles. The summed E-state index contributed by atoms with van der Waals surface area (Å²) in [5.74, 6) is 0.408. The van der Waals surface area contributed by atoms with Gasteiger partial charge >= 0.3 is 0 Å². The van der Waals surface area contributed by atoms with Crippen molar-refractivity contribution < 1.29 is 22.8 Å². The normalized spacial score (nSPS) is 40.5. The first-order valence-electron chi connectivity index (χ1n) is 19.5. The second-order valence-corrected chi connectivity index (χ2v) is 36.5. The van der Waals surface area contributed by atoms with E-state index in [1.54, 1.807) is 5.57 Å². The average molecular weight is 721 g/mol. The third-order valence-corrected chi connectivity index (χ3v) is 29.0. The molecule has 10 atom stereocenters. The molecule has 1 aliphatic heterocycles. The summed E-state index contributed by atoms with van der Waals surface area (Å²) in [5.41, 5.74) is 1.71. The summed E-state index contributed by atoms with van der Waals surface area (Å²) in [7, 11) is -6.14. The van der Waals surface area contributed by atoms with E-state index in [0.29, 0.717) is 17.9 Å². The van der Waals surface area contributed by atoms with Gasteiger partial charge in [0.05, 0.1) is 30.5 Å². The van der Waals surface area contributed by atoms with Crippen LogP contribution in [-0.4, -0.2) is 61.3 Å². The van der Waals surface area contributed by atoms with E-state index in [0.717, 1.165) is 25.7 Å². The van der Waals surface area contributed by atoms with Gasteiger partial charge in [-0.15, -0.1) is 0 Å². The van der Waals surface area contributed by atoms with E-state index in [9.17, 15) is 0 Å². The van der Waals surface area contributed by atoms with Crippen LogP contribution >= 0.6 is 0 Å². The molecular weight excluding hydrogens is 645 g/mol. The number of rotatable bonds is 6. The first kappa shape index (κ1) is 39.4. The van der Waals surface area contributed by atoms with Crippen molar-refractivity contribution in [3.8, 4) is 0 Å². The lowest BCUT2D eigenvalue weighted by Gasteiger charge is -2.63. The maximum Gasteiger partial charge on any atom is 0.192 e. The highest BCUT2D eigenvalue weighted by atomic mass is 28.4. The number of hydrogen-bond acceptors (Lipinski definition) is 5. The van der Waals surface area contributed by atoms with Gasteiger partial charge in [0.15, 0.2) is 30.7 Å². The number of allylic oxidation sites excluding steroid dienone is 1. The van der Waals surface area contributed by atoms with E-state index < -0.39 is 30.7 Å². The molecule has 0 bridgehead atoms. The standard InChI is InChI=1S/C40H76O5Si3/c1-35(2,3)46(14,15)43-28-23-25-40(13)27-22-24-39(12)26(20-21-29(39)44-47(16,17)36(4,5)6)30(27)33-34(42-38(10,11)41-33)31(40)32(28)45-48(18,19)37(7,8)9/h22,26,28-34H,20-21,23-25H2,1-19H3/t26?,28-,29+,30?,31?,32+,33-,34-,39+,40-/m1/s1. The molecule has 0 aromatic carbocycles. The Morgan fingerprint density at radius 3 is 1.71 bits per heavy atom. The minimum atomic E-state index is -2.16. The minimum absolute atomic E-state index is 0.0118. The third kappa shape index (κ3) is 6.42. The summed E-state index contributed by atoms with van der Waals surface area (Å²) < 4.78 is 36.7. The summed E-state index contributed by atoms with van der Waals surface area (Å²) in [4.78, 5) is 0. The van der Waals surface area contributed by atoms with Gasteiger partial charge in [-0.1, -0.05) is 87.8 Å². The molecule has 0 aromatic rings. The highest BCUT2D eigenvalue weighted by Crippen LogP contribution is 2.68. The Bertz CT molecular complexity index is 1250. The maximum atomic E-state index is 7.67. The summed E-state index contributed by atoms with van der Waals surface area (Å²) in [6, 6.07) is 0. The van der Waals surface area contributed by atoms with Crippen LogP contribution in [0, 0.1) is 28.6 Å². The lowest BCUT2D eigenvalue weighted by atomic mass is 9.47. The van der Waals surface area contributed by atoms with Crippen molar-refractivity contribution in [3.05, 3.63) is 11.6 Å². The average Bonchev–Trinajstić information content (AvgIpc) is 3.38. The van der Waals surface area contributed by atoms with Crippen molar-refractivity contribution in [2.45, 2.75) is 213 Å². The highest BCUT2D eigenvalue weighted by molar-refractivity contribution is 6.75. The van der Waals surface area contributed by atoms with Crippen LogP contribution in [0.15, 0.2) is 11.6 Å². The molecule has 5 rings (SSSR count). The molecule has 3 unspecified atom stereocenters. The molecule has 278 valence electrons. The monoisotopic (exact) mass is 721 g/mol. The minimum Gasteiger partial charge on any atom is -0.413 e. The van der Waals surface area contributed by atoms with Crippen LogP contribution in [0.2, 0.25) is 54.4 Å². The Morgan fingerprint density at radius 2 is 1.17 bits per heavy atom. The summed E-state index contributed by atoms with van der Waals surface area (Å²) in [6.45, 7) is 45.3. The molecule has 4 fully saturated rings. The Morgan fingerprint density at radius 1 is 0.667 bits per heavy atom. The molecule has 1 saturated heterocycles. The lowest BCUT2D eigenvalue weighted by Crippen LogP contribution is -2.67. The SMILES string of the molecule is CC1(C)O[C@@H]2C3C(=CC[C@@]4(C)C3CC[C@@H]4O[Si](C)(C)C(C)(C)C)[C@@]3(C)CC[C@@H](O[Si](C)(C)C(C)(C)C)[C@H](O[Si](C)(C)C(C)(C)C)C3[C@H]2O1. The van der Waals surface area contributed by atoms with Crippen LogP contribution in [0.5, 0.6) is 0 Å². The zero-order valence-electron chi connectivity index (χ0n) is 34.8. The Hall–Kier alpha value is 0.191. The van der Waals surface area contributed by atoms with Crippen molar-refractivity contribution in [2.24, 2.45) is 28.6 Å². The molecule has 8 heteroatoms. The van der Waals surface area contributed by atoms with Crippen molar-refractivity contribution in [1.82, 2.24) is 0 Å². The second-order valence-electron chi connectivity index (χ2n) is 22.3. The largest absolute Gasteiger partial charge is 0.413 e. The molecule has 4 aliphatic carbocycles. The van der Waals surface area contributed by atoms with Crippen LogP contribution in [-0.2, 0) is 22.8 Å². The van der Waals surface area contributed by atoms with Crippen molar-refractivity contribution in [3.63, 3.8) is 0 Å². The number of hydrogen-bond donors (Lipinski definition) is 0. The molecule has 0 N–H and O–H groups in total. The molecule has 0 radical (unpaired) electrons. The van der Waals surface area contributed by atoms with Crippen LogP contribution in [0.1, 0.15) is 122 Å². The van der Waals surface area contributed by atoms with Crippen molar-refractivity contribution >= 4 is 25.0 Å². The van der Waals surface area contributed by atoms with E-state index >= 15 is 0 Å². The predicted molar refractivity (Wildman–Crippen MR) is 208 cm³/mol. The number of fused-ring (bicyclic) bond motifs is 8. The summed E-state index contributed by atoms with van der Waals surface area (Å²) in [6.07, 6.45) is 8.56. The molecular formula is C40H76O5Si3. The van der Waals surface area contributed by atoms with Gasteiger partial charge in [-0.2, -0.15) is 0 Å². The Balaban J connectivity index is 1.61. The topological polar surface area (TPSA) is 46.2 Å². The van der Waals surface area contributed by atoms with Gasteiger partial charge in [0.2, 0.25) is 0 Å². The fraction of sp³-hybridized carbons (Fsp3) is 0.950. The van der Waals surface area contributed by atoms with Crippen LogP contribution in [0.3, 0.4) is 0 Å². The molecule has 5 nitrogen and oxygen atoms in total. The van der Waals surface area contributed by atoms with Gasteiger partial charge in [-0.25, -0.2) is 0 Å². The first-order valence-corrected chi connectivity index (χ1v) is 28.2. The molecule has 3 saturated carbocycles.